The number of para-hydroxylation sites is 1. The topological polar surface area (TPSA) is 61.6 Å². The summed E-state index contributed by atoms with van der Waals surface area (Å²) in [5.74, 6) is 0.630. The normalized spacial score (nSPS) is 11.0. The molecule has 0 aliphatic carbocycles. The highest BCUT2D eigenvalue weighted by molar-refractivity contribution is 9.10. The van der Waals surface area contributed by atoms with E-state index in [9.17, 15) is 5.11 Å². The minimum absolute atomic E-state index is 0.171. The monoisotopic (exact) mass is 458 g/mol. The number of nitrogens with zero attached hydrogens (tertiary/aromatic N) is 4. The summed E-state index contributed by atoms with van der Waals surface area (Å²) in [6.07, 6.45) is 1.59. The van der Waals surface area contributed by atoms with Gasteiger partial charge in [-0.05, 0) is 30.3 Å². The van der Waals surface area contributed by atoms with Crippen LogP contribution >= 0.6 is 15.9 Å². The van der Waals surface area contributed by atoms with Gasteiger partial charge in [0.05, 0.1) is 17.6 Å². The lowest BCUT2D eigenvalue weighted by Gasteiger charge is -2.14. The van der Waals surface area contributed by atoms with Gasteiger partial charge in [-0.3, -0.25) is 0 Å². The van der Waals surface area contributed by atoms with Gasteiger partial charge < -0.3 is 5.11 Å². The average molecular weight is 459 g/mol. The molecule has 0 aliphatic heterocycles. The number of aromatic hydroxyl groups is 1. The second-order valence-corrected chi connectivity index (χ2v) is 7.55. The molecule has 1 N–H and O–H groups in total. The number of phenols is 1. The summed E-state index contributed by atoms with van der Waals surface area (Å²) in [5.41, 5.74) is 4.21. The summed E-state index contributed by atoms with van der Waals surface area (Å²) in [7, 11) is 1.78. The average Bonchev–Trinajstić information content (AvgIpc) is 2.79. The Morgan fingerprint density at radius 3 is 2.10 bits per heavy atom. The number of hydrogen-bond donors (Lipinski definition) is 1. The summed E-state index contributed by atoms with van der Waals surface area (Å²) < 4.78 is 1.01. The summed E-state index contributed by atoms with van der Waals surface area (Å²) in [4.78, 5) is 9.43. The van der Waals surface area contributed by atoms with Crippen LogP contribution in [0.25, 0.3) is 22.5 Å². The number of phenolic OH excluding ortho intramolecular Hbond substituents is 1. The van der Waals surface area contributed by atoms with Crippen LogP contribution in [0.5, 0.6) is 5.75 Å². The highest BCUT2D eigenvalue weighted by atomic mass is 79.9. The van der Waals surface area contributed by atoms with Crippen molar-refractivity contribution >= 4 is 28.1 Å². The van der Waals surface area contributed by atoms with Gasteiger partial charge in [0.2, 0.25) is 5.95 Å². The van der Waals surface area contributed by atoms with Crippen molar-refractivity contribution in [2.45, 2.75) is 0 Å². The first-order chi connectivity index (χ1) is 14.6. The fraction of sp³-hybridized carbons (Fsp3) is 0.0417. The molecule has 148 valence electrons. The molecule has 6 heteroatoms. The molecule has 5 nitrogen and oxygen atoms in total. The number of anilines is 1. The predicted octanol–water partition coefficient (Wildman–Crippen LogP) is 5.75. The molecule has 30 heavy (non-hydrogen) atoms. The van der Waals surface area contributed by atoms with Crippen molar-refractivity contribution in [1.29, 1.82) is 0 Å². The highest BCUT2D eigenvalue weighted by Crippen LogP contribution is 2.27. The van der Waals surface area contributed by atoms with Crippen molar-refractivity contribution in [1.82, 2.24) is 9.97 Å². The maximum Gasteiger partial charge on any atom is 0.247 e. The second kappa shape index (κ2) is 8.88. The van der Waals surface area contributed by atoms with Crippen LogP contribution in [0.15, 0.2) is 94.5 Å². The molecule has 0 amide bonds. The Labute approximate surface area is 183 Å². The molecule has 0 aliphatic rings. The van der Waals surface area contributed by atoms with E-state index < -0.39 is 0 Å². The Kier molecular flexibility index (Phi) is 5.86. The third kappa shape index (κ3) is 4.55. The largest absolute Gasteiger partial charge is 0.507 e. The van der Waals surface area contributed by atoms with E-state index in [4.69, 9.17) is 9.97 Å². The number of rotatable bonds is 5. The van der Waals surface area contributed by atoms with Crippen molar-refractivity contribution in [3.63, 3.8) is 0 Å². The van der Waals surface area contributed by atoms with Crippen molar-refractivity contribution in [2.24, 2.45) is 5.10 Å². The van der Waals surface area contributed by atoms with Crippen LogP contribution in [-0.4, -0.2) is 28.3 Å². The molecule has 0 saturated carbocycles. The fourth-order valence-electron chi connectivity index (χ4n) is 2.90. The van der Waals surface area contributed by atoms with Crippen LogP contribution in [0.1, 0.15) is 5.56 Å². The van der Waals surface area contributed by atoms with E-state index in [0.29, 0.717) is 11.5 Å². The van der Waals surface area contributed by atoms with Crippen LogP contribution in [0.4, 0.5) is 5.95 Å². The lowest BCUT2D eigenvalue weighted by atomic mass is 10.1. The highest BCUT2D eigenvalue weighted by Gasteiger charge is 2.11. The van der Waals surface area contributed by atoms with Crippen molar-refractivity contribution < 1.29 is 5.11 Å². The van der Waals surface area contributed by atoms with Gasteiger partial charge in [-0.2, -0.15) is 5.10 Å². The zero-order valence-electron chi connectivity index (χ0n) is 16.3. The first-order valence-corrected chi connectivity index (χ1v) is 10.2. The van der Waals surface area contributed by atoms with Crippen molar-refractivity contribution in [3.05, 3.63) is 95.0 Å². The van der Waals surface area contributed by atoms with Gasteiger partial charge in [0.25, 0.3) is 0 Å². The summed E-state index contributed by atoms with van der Waals surface area (Å²) in [6.45, 7) is 0. The number of aromatic nitrogens is 2. The molecule has 4 rings (SSSR count). The number of hydrazone groups is 1. The Morgan fingerprint density at radius 2 is 1.43 bits per heavy atom. The smallest absolute Gasteiger partial charge is 0.247 e. The molecule has 0 fully saturated rings. The van der Waals surface area contributed by atoms with Gasteiger partial charge in [0.1, 0.15) is 5.75 Å². The predicted molar refractivity (Wildman–Crippen MR) is 125 cm³/mol. The van der Waals surface area contributed by atoms with Crippen molar-refractivity contribution in [3.8, 4) is 28.3 Å². The van der Waals surface area contributed by atoms with Crippen LogP contribution in [0.3, 0.4) is 0 Å². The molecule has 3 aromatic carbocycles. The third-order valence-corrected chi connectivity index (χ3v) is 5.05. The first-order valence-electron chi connectivity index (χ1n) is 9.36. The molecule has 0 bridgehead atoms. The van der Waals surface area contributed by atoms with Crippen LogP contribution in [0, 0.1) is 0 Å². The van der Waals surface area contributed by atoms with E-state index in [2.05, 4.69) is 21.0 Å². The molecular weight excluding hydrogens is 440 g/mol. The first kappa shape index (κ1) is 19.8. The van der Waals surface area contributed by atoms with Gasteiger partial charge in [0.15, 0.2) is 0 Å². The third-order valence-electron chi connectivity index (χ3n) is 4.52. The molecule has 0 atom stereocenters. The van der Waals surface area contributed by atoms with Gasteiger partial charge in [0, 0.05) is 28.2 Å². The van der Waals surface area contributed by atoms with Gasteiger partial charge >= 0.3 is 0 Å². The Bertz CT molecular complexity index is 1180. The van der Waals surface area contributed by atoms with Gasteiger partial charge in [-0.15, -0.1) is 0 Å². The molecule has 4 aromatic rings. The zero-order valence-corrected chi connectivity index (χ0v) is 17.9. The SMILES string of the molecule is CN(/N=C\c1ccccc1O)c1nc(-c2ccccc2)cc(-c2ccc(Br)cc2)n1. The zero-order chi connectivity index (χ0) is 20.9. The van der Waals surface area contributed by atoms with Gasteiger partial charge in [-0.1, -0.05) is 70.5 Å². The molecule has 0 radical (unpaired) electrons. The molecule has 0 saturated heterocycles. The minimum Gasteiger partial charge on any atom is -0.507 e. The standard InChI is InChI=1S/C24H19BrN4O/c1-29(26-16-19-9-5-6-10-23(19)30)24-27-21(17-7-3-2-4-8-17)15-22(28-24)18-11-13-20(25)14-12-18/h2-16,30H,1H3/b26-16-. The Balaban J connectivity index is 1.75. The Morgan fingerprint density at radius 1 is 0.833 bits per heavy atom. The molecular formula is C24H19BrN4O. The second-order valence-electron chi connectivity index (χ2n) is 6.64. The maximum atomic E-state index is 9.96. The number of hydrogen-bond acceptors (Lipinski definition) is 5. The molecule has 0 unspecified atom stereocenters. The fourth-order valence-corrected chi connectivity index (χ4v) is 3.17. The molecule has 1 aromatic heterocycles. The lowest BCUT2D eigenvalue weighted by Crippen LogP contribution is -2.13. The minimum atomic E-state index is 0.171. The summed E-state index contributed by atoms with van der Waals surface area (Å²) in [5, 5.41) is 16.0. The summed E-state index contributed by atoms with van der Waals surface area (Å²) in [6, 6.07) is 27.0. The number of benzene rings is 3. The maximum absolute atomic E-state index is 9.96. The Hall–Kier alpha value is -3.51. The molecule has 1 heterocycles. The van der Waals surface area contributed by atoms with E-state index in [-0.39, 0.29) is 5.75 Å². The quantitative estimate of drug-likeness (QED) is 0.305. The van der Waals surface area contributed by atoms with E-state index in [1.807, 2.05) is 66.7 Å². The van der Waals surface area contributed by atoms with Crippen LogP contribution in [0.2, 0.25) is 0 Å². The van der Waals surface area contributed by atoms with Crippen LogP contribution < -0.4 is 5.01 Å². The van der Waals surface area contributed by atoms with Crippen LogP contribution in [-0.2, 0) is 0 Å². The van der Waals surface area contributed by atoms with Gasteiger partial charge in [-0.25, -0.2) is 15.0 Å². The lowest BCUT2D eigenvalue weighted by molar-refractivity contribution is 0.474. The number of halogens is 1. The summed E-state index contributed by atoms with van der Waals surface area (Å²) >= 11 is 3.47. The van der Waals surface area contributed by atoms with E-state index in [1.165, 1.54) is 0 Å². The van der Waals surface area contributed by atoms with Crippen molar-refractivity contribution in [2.75, 3.05) is 12.1 Å². The van der Waals surface area contributed by atoms with E-state index >= 15 is 0 Å². The van der Waals surface area contributed by atoms with E-state index in [1.54, 1.807) is 36.5 Å². The molecule has 0 spiro atoms. The van der Waals surface area contributed by atoms with E-state index in [0.717, 1.165) is 27.0 Å².